The number of halogens is 2. The SMILES string of the molecule is O=C[C@@H]1CN(C(=O)O)CCO[C@H]1c1ccc(Cl)c(F)c1. The number of carboxylic acid groups (broad SMARTS) is 1. The lowest BCUT2D eigenvalue weighted by Crippen LogP contribution is -2.35. The first-order valence-corrected chi connectivity index (χ1v) is 6.40. The van der Waals surface area contributed by atoms with Crippen molar-refractivity contribution in [1.29, 1.82) is 0 Å². The molecule has 0 aliphatic carbocycles. The van der Waals surface area contributed by atoms with E-state index in [-0.39, 0.29) is 24.7 Å². The molecular formula is C13H13ClFNO4. The van der Waals surface area contributed by atoms with Crippen LogP contribution in [-0.4, -0.2) is 42.1 Å². The number of nitrogens with zero attached hydrogens (tertiary/aromatic N) is 1. The molecule has 0 radical (unpaired) electrons. The lowest BCUT2D eigenvalue weighted by Gasteiger charge is -2.22. The second-order valence-corrected chi connectivity index (χ2v) is 4.90. The quantitative estimate of drug-likeness (QED) is 0.852. The summed E-state index contributed by atoms with van der Waals surface area (Å²) >= 11 is 5.62. The van der Waals surface area contributed by atoms with Crippen LogP contribution in [0.5, 0.6) is 0 Å². The highest BCUT2D eigenvalue weighted by atomic mass is 35.5. The highest BCUT2D eigenvalue weighted by molar-refractivity contribution is 6.30. The average molecular weight is 302 g/mol. The van der Waals surface area contributed by atoms with Crippen LogP contribution in [0.2, 0.25) is 5.02 Å². The number of aldehydes is 1. The van der Waals surface area contributed by atoms with Crippen LogP contribution in [-0.2, 0) is 9.53 Å². The second kappa shape index (κ2) is 6.19. The first kappa shape index (κ1) is 14.7. The minimum atomic E-state index is -1.11. The first-order valence-electron chi connectivity index (χ1n) is 6.02. The maximum Gasteiger partial charge on any atom is 0.407 e. The Bertz CT molecular complexity index is 525. The molecule has 1 amide bonds. The Morgan fingerprint density at radius 3 is 2.90 bits per heavy atom. The standard InChI is InChI=1S/C13H13ClFNO4/c14-10-2-1-8(5-11(10)15)12-9(7-17)6-16(13(18)19)3-4-20-12/h1-2,5,7,9,12H,3-4,6H2,(H,18,19)/t9-,12-/m0/s1. The number of carbonyl (C=O) groups excluding carboxylic acids is 1. The van der Waals surface area contributed by atoms with E-state index < -0.39 is 23.9 Å². The van der Waals surface area contributed by atoms with Gasteiger partial charge in [-0.15, -0.1) is 0 Å². The molecule has 1 heterocycles. The van der Waals surface area contributed by atoms with Crippen LogP contribution >= 0.6 is 11.6 Å². The van der Waals surface area contributed by atoms with Crippen LogP contribution in [0.4, 0.5) is 9.18 Å². The van der Waals surface area contributed by atoms with Gasteiger partial charge in [-0.1, -0.05) is 17.7 Å². The van der Waals surface area contributed by atoms with E-state index in [9.17, 15) is 14.0 Å². The molecule has 1 N–H and O–H groups in total. The van der Waals surface area contributed by atoms with Crippen molar-refractivity contribution < 1.29 is 23.8 Å². The molecule has 1 saturated heterocycles. The molecule has 1 aliphatic heterocycles. The summed E-state index contributed by atoms with van der Waals surface area (Å²) in [6.07, 6.45) is -1.15. The van der Waals surface area contributed by atoms with Crippen molar-refractivity contribution in [2.75, 3.05) is 19.7 Å². The third-order valence-corrected chi connectivity index (χ3v) is 3.50. The first-order chi connectivity index (χ1) is 9.52. The van der Waals surface area contributed by atoms with Crippen LogP contribution in [0.15, 0.2) is 18.2 Å². The van der Waals surface area contributed by atoms with Crippen molar-refractivity contribution in [3.63, 3.8) is 0 Å². The van der Waals surface area contributed by atoms with Gasteiger partial charge in [-0.3, -0.25) is 0 Å². The molecule has 0 spiro atoms. The van der Waals surface area contributed by atoms with E-state index in [1.807, 2.05) is 0 Å². The Balaban J connectivity index is 2.27. The summed E-state index contributed by atoms with van der Waals surface area (Å²) in [7, 11) is 0. The van der Waals surface area contributed by atoms with Crippen LogP contribution in [0, 0.1) is 11.7 Å². The molecule has 1 aromatic rings. The summed E-state index contributed by atoms with van der Waals surface area (Å²) < 4.78 is 19.0. The Morgan fingerprint density at radius 1 is 1.55 bits per heavy atom. The van der Waals surface area contributed by atoms with E-state index in [0.29, 0.717) is 11.8 Å². The summed E-state index contributed by atoms with van der Waals surface area (Å²) in [5, 5.41) is 8.97. The summed E-state index contributed by atoms with van der Waals surface area (Å²) in [4.78, 5) is 23.3. The second-order valence-electron chi connectivity index (χ2n) is 4.49. The smallest absolute Gasteiger partial charge is 0.407 e. The van der Waals surface area contributed by atoms with Gasteiger partial charge in [0.25, 0.3) is 0 Å². The Hall–Kier alpha value is -1.66. The maximum atomic E-state index is 13.5. The van der Waals surface area contributed by atoms with Crippen molar-refractivity contribution in [3.8, 4) is 0 Å². The predicted octanol–water partition coefficient (Wildman–Crippen LogP) is 2.35. The normalized spacial score (nSPS) is 23.2. The van der Waals surface area contributed by atoms with Gasteiger partial charge in [-0.05, 0) is 17.7 Å². The van der Waals surface area contributed by atoms with Gasteiger partial charge in [0.15, 0.2) is 0 Å². The minimum Gasteiger partial charge on any atom is -0.465 e. The van der Waals surface area contributed by atoms with Crippen molar-refractivity contribution >= 4 is 24.0 Å². The molecule has 0 aromatic heterocycles. The number of carbonyl (C=O) groups is 2. The van der Waals surface area contributed by atoms with Gasteiger partial charge in [0.2, 0.25) is 0 Å². The number of amides is 1. The lowest BCUT2D eigenvalue weighted by atomic mass is 9.96. The predicted molar refractivity (Wildman–Crippen MR) is 69.3 cm³/mol. The molecule has 0 unspecified atom stereocenters. The summed E-state index contributed by atoms with van der Waals surface area (Å²) in [6, 6.07) is 4.17. The number of hydrogen-bond acceptors (Lipinski definition) is 3. The molecule has 0 saturated carbocycles. The highest BCUT2D eigenvalue weighted by Crippen LogP contribution is 2.30. The Morgan fingerprint density at radius 2 is 2.30 bits per heavy atom. The fourth-order valence-electron chi connectivity index (χ4n) is 2.18. The number of ether oxygens (including phenoxy) is 1. The zero-order valence-corrected chi connectivity index (χ0v) is 11.2. The third-order valence-electron chi connectivity index (χ3n) is 3.20. The van der Waals surface area contributed by atoms with Gasteiger partial charge in [-0.2, -0.15) is 0 Å². The van der Waals surface area contributed by atoms with Gasteiger partial charge < -0.3 is 19.5 Å². The largest absolute Gasteiger partial charge is 0.465 e. The van der Waals surface area contributed by atoms with Crippen LogP contribution < -0.4 is 0 Å². The van der Waals surface area contributed by atoms with Gasteiger partial charge in [0.1, 0.15) is 12.1 Å². The molecule has 20 heavy (non-hydrogen) atoms. The monoisotopic (exact) mass is 301 g/mol. The van der Waals surface area contributed by atoms with E-state index >= 15 is 0 Å². The molecule has 1 aliphatic rings. The van der Waals surface area contributed by atoms with Crippen molar-refractivity contribution in [2.45, 2.75) is 6.10 Å². The Kier molecular flexibility index (Phi) is 4.57. The van der Waals surface area contributed by atoms with E-state index in [2.05, 4.69) is 0 Å². The fourth-order valence-corrected chi connectivity index (χ4v) is 2.29. The molecule has 7 heteroatoms. The van der Waals surface area contributed by atoms with E-state index in [4.69, 9.17) is 21.4 Å². The molecule has 1 aromatic carbocycles. The molecule has 2 atom stereocenters. The summed E-state index contributed by atoms with van der Waals surface area (Å²) in [5.41, 5.74) is 0.469. The van der Waals surface area contributed by atoms with Crippen LogP contribution in [0.1, 0.15) is 11.7 Å². The van der Waals surface area contributed by atoms with Crippen molar-refractivity contribution in [2.24, 2.45) is 5.92 Å². The third kappa shape index (κ3) is 3.08. The van der Waals surface area contributed by atoms with Gasteiger partial charge >= 0.3 is 6.09 Å². The molecule has 1 fully saturated rings. The van der Waals surface area contributed by atoms with E-state index in [1.165, 1.54) is 12.1 Å². The molecule has 5 nitrogen and oxygen atoms in total. The molecular weight excluding hydrogens is 289 g/mol. The fraction of sp³-hybridized carbons (Fsp3) is 0.385. The summed E-state index contributed by atoms with van der Waals surface area (Å²) in [6.45, 7) is 0.339. The van der Waals surface area contributed by atoms with E-state index in [0.717, 1.165) is 4.90 Å². The minimum absolute atomic E-state index is 0.0165. The molecule has 2 rings (SSSR count). The van der Waals surface area contributed by atoms with Crippen LogP contribution in [0.3, 0.4) is 0 Å². The lowest BCUT2D eigenvalue weighted by molar-refractivity contribution is -0.115. The van der Waals surface area contributed by atoms with Crippen LogP contribution in [0.25, 0.3) is 0 Å². The number of benzene rings is 1. The van der Waals surface area contributed by atoms with Gasteiger partial charge in [0.05, 0.1) is 23.7 Å². The number of hydrogen-bond donors (Lipinski definition) is 1. The topological polar surface area (TPSA) is 66.8 Å². The zero-order chi connectivity index (χ0) is 14.7. The highest BCUT2D eigenvalue weighted by Gasteiger charge is 2.31. The van der Waals surface area contributed by atoms with Gasteiger partial charge in [-0.25, -0.2) is 9.18 Å². The van der Waals surface area contributed by atoms with Crippen molar-refractivity contribution in [3.05, 3.63) is 34.6 Å². The average Bonchev–Trinajstić information content (AvgIpc) is 2.64. The van der Waals surface area contributed by atoms with Crippen molar-refractivity contribution in [1.82, 2.24) is 4.90 Å². The Labute approximate surface area is 119 Å². The zero-order valence-electron chi connectivity index (χ0n) is 10.5. The molecule has 0 bridgehead atoms. The number of rotatable bonds is 2. The van der Waals surface area contributed by atoms with E-state index in [1.54, 1.807) is 6.07 Å². The van der Waals surface area contributed by atoms with Gasteiger partial charge in [0, 0.05) is 13.1 Å². The summed E-state index contributed by atoms with van der Waals surface area (Å²) in [5.74, 6) is -1.29. The molecule has 108 valence electrons. The maximum absolute atomic E-state index is 13.5.